The van der Waals surface area contributed by atoms with Crippen LogP contribution in [-0.4, -0.2) is 48.0 Å². The Hall–Kier alpha value is -1.60. The summed E-state index contributed by atoms with van der Waals surface area (Å²) < 4.78 is 25.3. The number of esters is 1. The van der Waals surface area contributed by atoms with Gasteiger partial charge in [0.05, 0.1) is 6.61 Å². The van der Waals surface area contributed by atoms with E-state index in [9.17, 15) is 4.79 Å². The summed E-state index contributed by atoms with van der Waals surface area (Å²) in [5, 5.41) is 0.313. The lowest BCUT2D eigenvalue weighted by Crippen LogP contribution is -2.41. The molecule has 0 aromatic rings. The summed E-state index contributed by atoms with van der Waals surface area (Å²) in [6.45, 7) is 28.5. The summed E-state index contributed by atoms with van der Waals surface area (Å²) in [5.41, 5.74) is 2.90. The molecule has 1 saturated carbocycles. The van der Waals surface area contributed by atoms with Crippen LogP contribution in [-0.2, 0) is 23.1 Å². The van der Waals surface area contributed by atoms with Crippen LogP contribution in [0.2, 0.25) is 36.3 Å². The molecule has 1 fully saturated rings. The van der Waals surface area contributed by atoms with Crippen molar-refractivity contribution in [3.8, 4) is 11.8 Å². The molecule has 244 valence electrons. The SMILES string of the molecule is CCOC(=O)/C=C1/C=C(OC2(C)CCCCC2)C(CCO[Si](C)(C)C(C)(C)C)=C(C#CCCO[Si](C)(C)C(C)(C)C)CC1. The number of allylic oxidation sites excluding steroid dienone is 4. The van der Waals surface area contributed by atoms with Gasteiger partial charge in [-0.1, -0.05) is 59.8 Å². The van der Waals surface area contributed by atoms with Gasteiger partial charge in [0.25, 0.3) is 0 Å². The van der Waals surface area contributed by atoms with Gasteiger partial charge in [-0.2, -0.15) is 0 Å². The van der Waals surface area contributed by atoms with Crippen molar-refractivity contribution in [2.24, 2.45) is 0 Å². The summed E-state index contributed by atoms with van der Waals surface area (Å²) in [7, 11) is -3.74. The van der Waals surface area contributed by atoms with E-state index in [1.807, 2.05) is 6.92 Å². The van der Waals surface area contributed by atoms with Crippen LogP contribution in [0.25, 0.3) is 0 Å². The van der Waals surface area contributed by atoms with Gasteiger partial charge in [-0.3, -0.25) is 0 Å². The molecule has 2 aliphatic carbocycles. The van der Waals surface area contributed by atoms with Crippen LogP contribution in [0.3, 0.4) is 0 Å². The van der Waals surface area contributed by atoms with Crippen molar-refractivity contribution in [3.05, 3.63) is 34.6 Å². The summed E-state index contributed by atoms with van der Waals surface area (Å²) in [5.74, 6) is 7.53. The van der Waals surface area contributed by atoms with Crippen molar-refractivity contribution in [1.29, 1.82) is 0 Å². The van der Waals surface area contributed by atoms with E-state index in [4.69, 9.17) is 18.3 Å². The van der Waals surface area contributed by atoms with E-state index in [0.717, 1.165) is 48.2 Å². The van der Waals surface area contributed by atoms with Gasteiger partial charge in [-0.15, -0.1) is 0 Å². The minimum atomic E-state index is -1.92. The first-order valence-corrected chi connectivity index (χ1v) is 22.4. The number of carbonyl (C=O) groups excluding carboxylic acids is 1. The lowest BCUT2D eigenvalue weighted by molar-refractivity contribution is -0.137. The second-order valence-electron chi connectivity index (χ2n) is 15.6. The molecule has 0 spiro atoms. The van der Waals surface area contributed by atoms with Crippen LogP contribution in [0.4, 0.5) is 0 Å². The maximum Gasteiger partial charge on any atom is 0.331 e. The van der Waals surface area contributed by atoms with Crippen LogP contribution < -0.4 is 0 Å². The maximum absolute atomic E-state index is 12.5. The fourth-order valence-electron chi connectivity index (χ4n) is 4.88. The summed E-state index contributed by atoms with van der Waals surface area (Å²) in [6, 6.07) is 0. The Labute approximate surface area is 266 Å². The third-order valence-corrected chi connectivity index (χ3v) is 18.9. The van der Waals surface area contributed by atoms with Gasteiger partial charge in [-0.05, 0) is 107 Å². The molecule has 0 bridgehead atoms. The highest BCUT2D eigenvalue weighted by Crippen LogP contribution is 2.40. The third-order valence-electron chi connectivity index (χ3n) is 9.86. The summed E-state index contributed by atoms with van der Waals surface area (Å²) >= 11 is 0. The molecular formula is C36H62O5Si2. The fourth-order valence-corrected chi connectivity index (χ4v) is 6.97. The number of rotatable bonds is 11. The molecular weight excluding hydrogens is 569 g/mol. The first kappa shape index (κ1) is 37.6. The highest BCUT2D eigenvalue weighted by molar-refractivity contribution is 6.74. The molecule has 7 heteroatoms. The number of ether oxygens (including phenoxy) is 2. The lowest BCUT2D eigenvalue weighted by atomic mass is 9.86. The van der Waals surface area contributed by atoms with E-state index < -0.39 is 16.6 Å². The van der Waals surface area contributed by atoms with Crippen molar-refractivity contribution in [1.82, 2.24) is 0 Å². The summed E-state index contributed by atoms with van der Waals surface area (Å²) in [4.78, 5) is 12.5. The Morgan fingerprint density at radius 3 is 2.07 bits per heavy atom. The van der Waals surface area contributed by atoms with E-state index in [1.54, 1.807) is 6.08 Å². The van der Waals surface area contributed by atoms with E-state index in [-0.39, 0.29) is 21.6 Å². The van der Waals surface area contributed by atoms with Crippen LogP contribution in [0, 0.1) is 11.8 Å². The van der Waals surface area contributed by atoms with Gasteiger partial charge in [0.15, 0.2) is 16.6 Å². The predicted octanol–water partition coefficient (Wildman–Crippen LogP) is 10.0. The van der Waals surface area contributed by atoms with Gasteiger partial charge in [0, 0.05) is 36.9 Å². The van der Waals surface area contributed by atoms with E-state index in [2.05, 4.69) is 92.6 Å². The first-order valence-electron chi connectivity index (χ1n) is 16.6. The molecule has 0 unspecified atom stereocenters. The van der Waals surface area contributed by atoms with Crippen molar-refractivity contribution in [3.63, 3.8) is 0 Å². The van der Waals surface area contributed by atoms with E-state index >= 15 is 0 Å². The fraction of sp³-hybridized carbons (Fsp3) is 0.750. The van der Waals surface area contributed by atoms with Crippen molar-refractivity contribution in [2.75, 3.05) is 19.8 Å². The predicted molar refractivity (Wildman–Crippen MR) is 185 cm³/mol. The van der Waals surface area contributed by atoms with Crippen molar-refractivity contribution < 1.29 is 23.1 Å². The third kappa shape index (κ3) is 11.7. The Kier molecular flexibility index (Phi) is 13.6. The zero-order valence-corrected chi connectivity index (χ0v) is 31.7. The average Bonchev–Trinajstić information content (AvgIpc) is 3.01. The van der Waals surface area contributed by atoms with Gasteiger partial charge < -0.3 is 18.3 Å². The Morgan fingerprint density at radius 1 is 0.930 bits per heavy atom. The molecule has 0 radical (unpaired) electrons. The molecule has 2 rings (SSSR count). The van der Waals surface area contributed by atoms with Crippen LogP contribution >= 0.6 is 0 Å². The Morgan fingerprint density at radius 2 is 1.51 bits per heavy atom. The number of carbonyl (C=O) groups is 1. The quantitative estimate of drug-likeness (QED) is 0.0748. The molecule has 43 heavy (non-hydrogen) atoms. The van der Waals surface area contributed by atoms with E-state index in [0.29, 0.717) is 32.7 Å². The molecule has 0 amide bonds. The maximum atomic E-state index is 12.5. The zero-order valence-electron chi connectivity index (χ0n) is 29.7. The van der Waals surface area contributed by atoms with Crippen LogP contribution in [0.15, 0.2) is 34.6 Å². The molecule has 0 atom stereocenters. The van der Waals surface area contributed by atoms with Gasteiger partial charge >= 0.3 is 5.97 Å². The molecule has 0 aliphatic heterocycles. The minimum Gasteiger partial charge on any atom is -0.487 e. The highest BCUT2D eigenvalue weighted by atomic mass is 28.4. The molecule has 0 N–H and O–H groups in total. The van der Waals surface area contributed by atoms with Gasteiger partial charge in [0.2, 0.25) is 0 Å². The Balaban J connectivity index is 2.47. The van der Waals surface area contributed by atoms with Crippen molar-refractivity contribution in [2.45, 2.75) is 155 Å². The Bertz CT molecular complexity index is 1100. The first-order chi connectivity index (χ1) is 19.8. The smallest absolute Gasteiger partial charge is 0.331 e. The van der Waals surface area contributed by atoms with Gasteiger partial charge in [-0.25, -0.2) is 4.79 Å². The topological polar surface area (TPSA) is 54.0 Å². The molecule has 0 aromatic heterocycles. The molecule has 0 saturated heterocycles. The van der Waals surface area contributed by atoms with E-state index in [1.165, 1.54) is 19.3 Å². The van der Waals surface area contributed by atoms with Crippen LogP contribution in [0.1, 0.15) is 113 Å². The molecule has 2 aliphatic rings. The number of hydrogen-bond donors (Lipinski definition) is 0. The second-order valence-corrected chi connectivity index (χ2v) is 25.2. The molecule has 0 heterocycles. The van der Waals surface area contributed by atoms with Crippen molar-refractivity contribution >= 4 is 22.6 Å². The minimum absolute atomic E-state index is 0.137. The zero-order chi connectivity index (χ0) is 32.5. The average molecular weight is 631 g/mol. The second kappa shape index (κ2) is 15.6. The highest BCUT2D eigenvalue weighted by Gasteiger charge is 2.38. The largest absolute Gasteiger partial charge is 0.487 e. The molecule has 0 aromatic carbocycles. The standard InChI is InChI=1S/C36H62O5Si2/c1-13-38-33(37)28-29-20-21-30(19-15-18-25-39-42(9,10)34(2,3)4)31(22-26-40-43(11,12)35(5,6)7)32(27-29)41-36(8)23-16-14-17-24-36/h27-28H,13-14,16-18,20-26H2,1-12H3/b29-28+. The normalized spacial score (nSPS) is 19.3. The van der Waals surface area contributed by atoms with Gasteiger partial charge in [0.1, 0.15) is 11.4 Å². The monoisotopic (exact) mass is 630 g/mol. The summed E-state index contributed by atoms with van der Waals surface area (Å²) in [6.07, 6.45) is 12.2. The van der Waals surface area contributed by atoms with Crippen LogP contribution in [0.5, 0.6) is 0 Å². The molecule has 5 nitrogen and oxygen atoms in total. The lowest BCUT2D eigenvalue weighted by Gasteiger charge is -2.37. The number of hydrogen-bond acceptors (Lipinski definition) is 5.